The van der Waals surface area contributed by atoms with E-state index in [-0.39, 0.29) is 19.1 Å². The Hall–Kier alpha value is -1.08. The van der Waals surface area contributed by atoms with E-state index in [1.165, 1.54) is 21.3 Å². The molecule has 0 rings (SSSR count). The maximum absolute atomic E-state index is 11.9. The zero-order valence-corrected chi connectivity index (χ0v) is 21.4. The van der Waals surface area contributed by atoms with E-state index in [9.17, 15) is 14.7 Å². The first kappa shape index (κ1) is 30.9. The SMILES string of the molecule is CCCCOCC(C)OCC(C)OC(=O)C(O)COC(=O)CCCC[Si](OC)(OC)OC. The molecule has 0 bridgehead atoms. The normalized spacial score (nSPS) is 14.6. The molecule has 32 heavy (non-hydrogen) atoms. The molecule has 0 heterocycles. The molecule has 0 saturated carbocycles. The second kappa shape index (κ2) is 18.4. The fraction of sp³-hybridized carbons (Fsp3) is 0.905. The molecule has 0 spiro atoms. The second-order valence-corrected chi connectivity index (χ2v) is 10.6. The Kier molecular flexibility index (Phi) is 17.7. The largest absolute Gasteiger partial charge is 0.500 e. The van der Waals surface area contributed by atoms with Gasteiger partial charge in [-0.3, -0.25) is 4.79 Å². The third-order valence-corrected chi connectivity index (χ3v) is 7.48. The molecule has 0 radical (unpaired) electrons. The molecule has 1 N–H and O–H groups in total. The summed E-state index contributed by atoms with van der Waals surface area (Å²) < 4.78 is 37.1. The van der Waals surface area contributed by atoms with Crippen molar-refractivity contribution in [3.63, 3.8) is 0 Å². The summed E-state index contributed by atoms with van der Waals surface area (Å²) in [6.45, 7) is 6.49. The van der Waals surface area contributed by atoms with Crippen LogP contribution >= 0.6 is 0 Å². The summed E-state index contributed by atoms with van der Waals surface area (Å²) in [4.78, 5) is 23.8. The van der Waals surface area contributed by atoms with Crippen LogP contribution in [0.1, 0.15) is 52.9 Å². The summed E-state index contributed by atoms with van der Waals surface area (Å²) >= 11 is 0. The number of carbonyl (C=O) groups excluding carboxylic acids is 2. The van der Waals surface area contributed by atoms with Crippen molar-refractivity contribution in [1.29, 1.82) is 0 Å². The molecular formula is C21H42O10Si. The van der Waals surface area contributed by atoms with Gasteiger partial charge in [-0.1, -0.05) is 13.3 Å². The average Bonchev–Trinajstić information content (AvgIpc) is 2.79. The molecule has 10 nitrogen and oxygen atoms in total. The number of aliphatic hydroxyl groups is 1. The fourth-order valence-corrected chi connectivity index (χ4v) is 4.43. The van der Waals surface area contributed by atoms with Gasteiger partial charge < -0.3 is 37.3 Å². The minimum Gasteiger partial charge on any atom is -0.462 e. The molecule has 0 aliphatic heterocycles. The molecule has 0 aromatic heterocycles. The van der Waals surface area contributed by atoms with E-state index in [4.69, 9.17) is 32.2 Å². The van der Waals surface area contributed by atoms with Gasteiger partial charge in [0.15, 0.2) is 6.10 Å². The average molecular weight is 483 g/mol. The van der Waals surface area contributed by atoms with E-state index >= 15 is 0 Å². The number of hydrogen-bond donors (Lipinski definition) is 1. The lowest BCUT2D eigenvalue weighted by Crippen LogP contribution is -2.42. The van der Waals surface area contributed by atoms with Crippen molar-refractivity contribution in [3.8, 4) is 0 Å². The number of unbranched alkanes of at least 4 members (excludes halogenated alkanes) is 2. The first-order valence-electron chi connectivity index (χ1n) is 11.1. The first-order valence-corrected chi connectivity index (χ1v) is 13.1. The van der Waals surface area contributed by atoms with Gasteiger partial charge in [-0.05, 0) is 33.1 Å². The predicted molar refractivity (Wildman–Crippen MR) is 119 cm³/mol. The van der Waals surface area contributed by atoms with Crippen LogP contribution in [0.4, 0.5) is 0 Å². The Balaban J connectivity index is 4.00. The van der Waals surface area contributed by atoms with Crippen LogP contribution < -0.4 is 0 Å². The highest BCUT2D eigenvalue weighted by molar-refractivity contribution is 6.60. The van der Waals surface area contributed by atoms with Crippen molar-refractivity contribution in [2.45, 2.75) is 77.2 Å². The Morgan fingerprint density at radius 3 is 2.16 bits per heavy atom. The fourth-order valence-electron chi connectivity index (χ4n) is 2.63. The third-order valence-electron chi connectivity index (χ3n) is 4.65. The molecule has 0 aromatic carbocycles. The molecule has 11 heteroatoms. The number of ether oxygens (including phenoxy) is 4. The first-order chi connectivity index (χ1) is 15.2. The van der Waals surface area contributed by atoms with Crippen LogP contribution in [0, 0.1) is 0 Å². The van der Waals surface area contributed by atoms with Gasteiger partial charge in [0.1, 0.15) is 12.7 Å². The second-order valence-electron chi connectivity index (χ2n) is 7.52. The van der Waals surface area contributed by atoms with E-state index in [1.807, 2.05) is 6.92 Å². The molecule has 0 saturated heterocycles. The summed E-state index contributed by atoms with van der Waals surface area (Å²) in [6.07, 6.45) is 1.17. The minimum atomic E-state index is -2.65. The van der Waals surface area contributed by atoms with E-state index < -0.39 is 39.6 Å². The summed E-state index contributed by atoms with van der Waals surface area (Å²) in [6, 6.07) is 0.572. The topological polar surface area (TPSA) is 119 Å². The van der Waals surface area contributed by atoms with Gasteiger partial charge >= 0.3 is 20.7 Å². The standard InChI is InChI=1S/C21H42O10Si/c1-7-8-12-28-14-17(2)29-15-18(3)31-21(24)19(22)16-30-20(23)11-9-10-13-32(25-4,26-5)27-6/h17-19,22H,7-16H2,1-6H3. The summed E-state index contributed by atoms with van der Waals surface area (Å²) in [5, 5.41) is 9.88. The zero-order valence-electron chi connectivity index (χ0n) is 20.4. The van der Waals surface area contributed by atoms with Crippen LogP contribution in [0.3, 0.4) is 0 Å². The summed E-state index contributed by atoms with van der Waals surface area (Å²) in [7, 11) is 1.95. The number of carbonyl (C=O) groups is 2. The highest BCUT2D eigenvalue weighted by Crippen LogP contribution is 2.17. The molecule has 0 amide bonds. The molecule has 0 fully saturated rings. The monoisotopic (exact) mass is 482 g/mol. The number of hydrogen-bond acceptors (Lipinski definition) is 10. The third kappa shape index (κ3) is 14.1. The number of aliphatic hydroxyl groups excluding tert-OH is 1. The lowest BCUT2D eigenvalue weighted by atomic mass is 10.2. The summed E-state index contributed by atoms with van der Waals surface area (Å²) in [5.74, 6) is -1.37. The van der Waals surface area contributed by atoms with Gasteiger partial charge in [0, 0.05) is 40.4 Å². The Labute approximate surface area is 193 Å². The molecular weight excluding hydrogens is 440 g/mol. The highest BCUT2D eigenvalue weighted by Gasteiger charge is 2.36. The van der Waals surface area contributed by atoms with Gasteiger partial charge in [0.25, 0.3) is 0 Å². The lowest BCUT2D eigenvalue weighted by Gasteiger charge is -2.24. The quantitative estimate of drug-likeness (QED) is 0.157. The van der Waals surface area contributed by atoms with Crippen molar-refractivity contribution in [3.05, 3.63) is 0 Å². The van der Waals surface area contributed by atoms with Crippen molar-refractivity contribution in [2.75, 3.05) is 47.8 Å². The smallest absolute Gasteiger partial charge is 0.462 e. The van der Waals surface area contributed by atoms with E-state index in [0.29, 0.717) is 32.1 Å². The van der Waals surface area contributed by atoms with E-state index in [2.05, 4.69) is 6.92 Å². The minimum absolute atomic E-state index is 0.136. The molecule has 0 aliphatic carbocycles. The molecule has 0 aliphatic rings. The highest BCUT2D eigenvalue weighted by atomic mass is 28.4. The van der Waals surface area contributed by atoms with Crippen LogP contribution in [0.15, 0.2) is 0 Å². The predicted octanol–water partition coefficient (Wildman–Crippen LogP) is 2.09. The van der Waals surface area contributed by atoms with Crippen LogP contribution in [0.2, 0.25) is 6.04 Å². The van der Waals surface area contributed by atoms with Crippen LogP contribution in [0.5, 0.6) is 0 Å². The van der Waals surface area contributed by atoms with Crippen molar-refractivity contribution in [1.82, 2.24) is 0 Å². The lowest BCUT2D eigenvalue weighted by molar-refractivity contribution is -0.167. The molecule has 3 atom stereocenters. The number of esters is 2. The van der Waals surface area contributed by atoms with Gasteiger partial charge in [-0.2, -0.15) is 0 Å². The van der Waals surface area contributed by atoms with Crippen molar-refractivity contribution < 1.29 is 46.9 Å². The van der Waals surface area contributed by atoms with Crippen LogP contribution in [0.25, 0.3) is 0 Å². The molecule has 190 valence electrons. The maximum Gasteiger partial charge on any atom is 0.500 e. The van der Waals surface area contributed by atoms with E-state index in [1.54, 1.807) is 6.92 Å². The van der Waals surface area contributed by atoms with Gasteiger partial charge in [0.05, 0.1) is 19.3 Å². The van der Waals surface area contributed by atoms with Crippen LogP contribution in [-0.4, -0.2) is 91.9 Å². The molecule has 0 aromatic rings. The van der Waals surface area contributed by atoms with Crippen molar-refractivity contribution in [2.24, 2.45) is 0 Å². The maximum atomic E-state index is 11.9. The van der Waals surface area contributed by atoms with Crippen LogP contribution in [-0.2, 0) is 41.8 Å². The van der Waals surface area contributed by atoms with Crippen molar-refractivity contribution >= 4 is 20.7 Å². The van der Waals surface area contributed by atoms with Gasteiger partial charge in [-0.25, -0.2) is 4.79 Å². The Morgan fingerprint density at radius 2 is 1.56 bits per heavy atom. The Bertz CT molecular complexity index is 493. The number of rotatable bonds is 20. The molecule has 3 unspecified atom stereocenters. The van der Waals surface area contributed by atoms with Gasteiger partial charge in [0.2, 0.25) is 0 Å². The van der Waals surface area contributed by atoms with E-state index in [0.717, 1.165) is 12.8 Å². The Morgan fingerprint density at radius 1 is 0.906 bits per heavy atom. The summed E-state index contributed by atoms with van der Waals surface area (Å²) in [5.41, 5.74) is 0. The zero-order chi connectivity index (χ0) is 24.4. The van der Waals surface area contributed by atoms with Gasteiger partial charge in [-0.15, -0.1) is 0 Å².